The molecule has 4 N–H and O–H groups in total. The molecule has 162 valence electrons. The summed E-state index contributed by atoms with van der Waals surface area (Å²) in [5.74, 6) is 1.72. The molecule has 3 aromatic rings. The van der Waals surface area contributed by atoms with Crippen molar-refractivity contribution in [2.45, 2.75) is 13.5 Å². The van der Waals surface area contributed by atoms with Crippen LogP contribution in [0, 0.1) is 5.82 Å². The van der Waals surface area contributed by atoms with Gasteiger partial charge in [-0.25, -0.2) is 4.39 Å². The molecule has 4 rings (SSSR count). The third-order valence-corrected chi connectivity index (χ3v) is 5.20. The predicted octanol–water partition coefficient (Wildman–Crippen LogP) is 1.64. The van der Waals surface area contributed by atoms with E-state index in [4.69, 9.17) is 10.5 Å². The Labute approximate surface area is 180 Å². The number of nitrogen functional groups attached to an aromatic ring is 1. The molecule has 1 saturated heterocycles. The Kier molecular flexibility index (Phi) is 6.42. The number of hydrogen-bond donors (Lipinski definition) is 3. The number of benzene rings is 2. The largest absolute Gasteiger partial charge is 0.492 e. The van der Waals surface area contributed by atoms with Gasteiger partial charge >= 0.3 is 0 Å². The van der Waals surface area contributed by atoms with Gasteiger partial charge in [-0.15, -0.1) is 0 Å². The Morgan fingerprint density at radius 2 is 1.81 bits per heavy atom. The van der Waals surface area contributed by atoms with E-state index in [-0.39, 0.29) is 11.8 Å². The standard InChI is InChI=1S/C22H26FN7O/c1-2-31-19-10-6-4-8-17(19)25-22-27-20(26-21(24)28-22)15-29-11-13-30(14-12-29)18-9-5-3-7-16(18)23/h3-10H,2,11-15H2,1H3,(H3,24,25,26,27,28)/p+1. The highest BCUT2D eigenvalue weighted by Crippen LogP contribution is 2.26. The zero-order valence-electron chi connectivity index (χ0n) is 17.5. The van der Waals surface area contributed by atoms with Crippen LogP contribution in [-0.2, 0) is 6.54 Å². The fourth-order valence-corrected chi connectivity index (χ4v) is 3.72. The maximum atomic E-state index is 14.1. The van der Waals surface area contributed by atoms with E-state index in [9.17, 15) is 4.39 Å². The van der Waals surface area contributed by atoms with Crippen LogP contribution in [0.5, 0.6) is 5.75 Å². The molecule has 0 amide bonds. The molecular weight excluding hydrogens is 397 g/mol. The summed E-state index contributed by atoms with van der Waals surface area (Å²) in [5, 5.41) is 3.18. The maximum absolute atomic E-state index is 14.1. The summed E-state index contributed by atoms with van der Waals surface area (Å²) < 4.78 is 19.7. The number of rotatable bonds is 7. The van der Waals surface area contributed by atoms with E-state index in [2.05, 4.69) is 25.2 Å². The number of aromatic nitrogens is 3. The maximum Gasteiger partial charge on any atom is 0.232 e. The van der Waals surface area contributed by atoms with Gasteiger partial charge in [-0.1, -0.05) is 24.3 Å². The summed E-state index contributed by atoms with van der Waals surface area (Å²) in [4.78, 5) is 16.5. The number of quaternary nitrogens is 1. The molecule has 0 aliphatic carbocycles. The lowest BCUT2D eigenvalue weighted by Crippen LogP contribution is -3.13. The van der Waals surface area contributed by atoms with E-state index >= 15 is 0 Å². The van der Waals surface area contributed by atoms with Crippen molar-refractivity contribution in [2.75, 3.05) is 48.7 Å². The Hall–Kier alpha value is -3.46. The van der Waals surface area contributed by atoms with Crippen LogP contribution in [0.3, 0.4) is 0 Å². The van der Waals surface area contributed by atoms with Gasteiger partial charge in [0.1, 0.15) is 18.1 Å². The summed E-state index contributed by atoms with van der Waals surface area (Å²) in [6.45, 7) is 6.37. The van der Waals surface area contributed by atoms with Crippen LogP contribution in [0.2, 0.25) is 0 Å². The van der Waals surface area contributed by atoms with Crippen molar-refractivity contribution >= 4 is 23.3 Å². The van der Waals surface area contributed by atoms with Crippen LogP contribution >= 0.6 is 0 Å². The molecule has 0 unspecified atom stereocenters. The van der Waals surface area contributed by atoms with Crippen LogP contribution in [0.15, 0.2) is 48.5 Å². The van der Waals surface area contributed by atoms with Crippen LogP contribution in [0.1, 0.15) is 12.7 Å². The van der Waals surface area contributed by atoms with E-state index in [1.54, 1.807) is 6.07 Å². The lowest BCUT2D eigenvalue weighted by Gasteiger charge is -2.33. The van der Waals surface area contributed by atoms with Crippen LogP contribution in [0.4, 0.5) is 27.7 Å². The number of para-hydroxylation sites is 3. The number of piperazine rings is 1. The Bertz CT molecular complexity index is 1020. The number of hydrogen-bond acceptors (Lipinski definition) is 7. The van der Waals surface area contributed by atoms with Gasteiger partial charge in [-0.2, -0.15) is 15.0 Å². The van der Waals surface area contributed by atoms with E-state index in [0.717, 1.165) is 37.6 Å². The first-order chi connectivity index (χ1) is 15.1. The van der Waals surface area contributed by atoms with Crippen molar-refractivity contribution in [1.82, 2.24) is 15.0 Å². The minimum absolute atomic E-state index is 0.172. The molecule has 9 heteroatoms. The highest BCUT2D eigenvalue weighted by Gasteiger charge is 2.23. The van der Waals surface area contributed by atoms with E-state index < -0.39 is 0 Å². The first-order valence-corrected chi connectivity index (χ1v) is 10.4. The minimum Gasteiger partial charge on any atom is -0.492 e. The smallest absolute Gasteiger partial charge is 0.232 e. The summed E-state index contributed by atoms with van der Waals surface area (Å²) in [7, 11) is 0. The summed E-state index contributed by atoms with van der Waals surface area (Å²) >= 11 is 0. The topological polar surface area (TPSA) is 93.6 Å². The Balaban J connectivity index is 1.41. The lowest BCUT2D eigenvalue weighted by molar-refractivity contribution is -0.915. The van der Waals surface area contributed by atoms with Gasteiger partial charge in [0.15, 0.2) is 5.82 Å². The average Bonchev–Trinajstić information content (AvgIpc) is 2.76. The summed E-state index contributed by atoms with van der Waals surface area (Å²) in [5.41, 5.74) is 7.36. The zero-order valence-corrected chi connectivity index (χ0v) is 17.5. The molecule has 1 fully saturated rings. The molecule has 8 nitrogen and oxygen atoms in total. The molecule has 0 atom stereocenters. The van der Waals surface area contributed by atoms with E-state index in [0.29, 0.717) is 30.6 Å². The second-order valence-electron chi connectivity index (χ2n) is 7.35. The van der Waals surface area contributed by atoms with Gasteiger partial charge < -0.3 is 25.6 Å². The molecule has 1 aliphatic heterocycles. The predicted molar refractivity (Wildman–Crippen MR) is 118 cm³/mol. The minimum atomic E-state index is -0.181. The number of ether oxygens (including phenoxy) is 1. The van der Waals surface area contributed by atoms with Crippen molar-refractivity contribution < 1.29 is 14.0 Å². The second kappa shape index (κ2) is 9.57. The lowest BCUT2D eigenvalue weighted by atomic mass is 10.2. The van der Waals surface area contributed by atoms with E-state index in [1.165, 1.54) is 11.0 Å². The SMILES string of the molecule is CCOc1ccccc1Nc1nc(N)nc(C[NH+]2CCN(c3ccccc3F)CC2)n1. The van der Waals surface area contributed by atoms with E-state index in [1.807, 2.05) is 43.3 Å². The van der Waals surface area contributed by atoms with Gasteiger partial charge in [0.05, 0.1) is 44.2 Å². The molecule has 1 aliphatic rings. The van der Waals surface area contributed by atoms with Crippen molar-refractivity contribution in [3.05, 3.63) is 60.2 Å². The molecule has 0 spiro atoms. The molecule has 0 bridgehead atoms. The second-order valence-corrected chi connectivity index (χ2v) is 7.35. The van der Waals surface area contributed by atoms with Crippen LogP contribution < -0.4 is 25.6 Å². The molecule has 31 heavy (non-hydrogen) atoms. The van der Waals surface area contributed by atoms with Gasteiger partial charge in [0.2, 0.25) is 11.9 Å². The summed E-state index contributed by atoms with van der Waals surface area (Å²) in [6.07, 6.45) is 0. The quantitative estimate of drug-likeness (QED) is 0.531. The number of nitrogens with zero attached hydrogens (tertiary/aromatic N) is 4. The molecule has 0 saturated carbocycles. The molecule has 2 aromatic carbocycles. The van der Waals surface area contributed by atoms with Crippen molar-refractivity contribution in [1.29, 1.82) is 0 Å². The molecule has 1 aromatic heterocycles. The molecule has 0 radical (unpaired) electrons. The fourth-order valence-electron chi connectivity index (χ4n) is 3.72. The molecule has 2 heterocycles. The third-order valence-electron chi connectivity index (χ3n) is 5.20. The number of nitrogens with two attached hydrogens (primary N) is 1. The number of anilines is 4. The first-order valence-electron chi connectivity index (χ1n) is 10.4. The Morgan fingerprint density at radius 1 is 1.06 bits per heavy atom. The van der Waals surface area contributed by atoms with Crippen LogP contribution in [-0.4, -0.2) is 47.7 Å². The van der Waals surface area contributed by atoms with Crippen LogP contribution in [0.25, 0.3) is 0 Å². The highest BCUT2D eigenvalue weighted by atomic mass is 19.1. The number of halogens is 1. The highest BCUT2D eigenvalue weighted by molar-refractivity contribution is 5.62. The fraction of sp³-hybridized carbons (Fsp3) is 0.318. The average molecular weight is 425 g/mol. The monoisotopic (exact) mass is 424 g/mol. The van der Waals surface area contributed by atoms with Gasteiger partial charge in [0.25, 0.3) is 0 Å². The number of nitrogens with one attached hydrogen (secondary N) is 2. The normalized spacial score (nSPS) is 14.5. The van der Waals surface area contributed by atoms with Crippen molar-refractivity contribution in [3.8, 4) is 5.75 Å². The van der Waals surface area contributed by atoms with Gasteiger partial charge in [-0.05, 0) is 31.2 Å². The van der Waals surface area contributed by atoms with Crippen molar-refractivity contribution in [3.63, 3.8) is 0 Å². The van der Waals surface area contributed by atoms with Gasteiger partial charge in [-0.3, -0.25) is 0 Å². The zero-order chi connectivity index (χ0) is 21.6. The summed E-state index contributed by atoms with van der Waals surface area (Å²) in [6, 6.07) is 14.5. The van der Waals surface area contributed by atoms with Crippen molar-refractivity contribution in [2.24, 2.45) is 0 Å². The van der Waals surface area contributed by atoms with Gasteiger partial charge in [0, 0.05) is 0 Å². The molecular formula is C22H27FN7O+. The Morgan fingerprint density at radius 3 is 2.58 bits per heavy atom. The third kappa shape index (κ3) is 5.18. The first kappa shape index (κ1) is 20.8.